The number of amides is 1. The summed E-state index contributed by atoms with van der Waals surface area (Å²) in [6, 6.07) is 9.73. The molecule has 2 N–H and O–H groups in total. The summed E-state index contributed by atoms with van der Waals surface area (Å²) in [5.74, 6) is -0.734. The summed E-state index contributed by atoms with van der Waals surface area (Å²) in [6.45, 7) is 0.574. The molecule has 1 radical (unpaired) electrons. The van der Waals surface area contributed by atoms with Gasteiger partial charge in [0.1, 0.15) is 6.20 Å². The highest BCUT2D eigenvalue weighted by molar-refractivity contribution is 5.92. The van der Waals surface area contributed by atoms with Gasteiger partial charge in [-0.1, -0.05) is 30.3 Å². The Balaban J connectivity index is 2.20. The summed E-state index contributed by atoms with van der Waals surface area (Å²) < 4.78 is 15.3. The van der Waals surface area contributed by atoms with Crippen molar-refractivity contribution < 1.29 is 7.54 Å². The topological polar surface area (TPSA) is 49.0 Å². The van der Waals surface area contributed by atoms with Crippen LogP contribution in [0, 0.1) is 0 Å². The van der Waals surface area contributed by atoms with Crippen molar-refractivity contribution in [2.45, 2.75) is 12.9 Å². The van der Waals surface area contributed by atoms with Crippen LogP contribution in [0.2, 0.25) is 0 Å². The molecule has 1 heterocycles. The molecule has 0 bridgehead atoms. The molecule has 0 saturated heterocycles. The Labute approximate surface area is 97.7 Å². The van der Waals surface area contributed by atoms with E-state index in [-0.39, 0.29) is 5.57 Å². The van der Waals surface area contributed by atoms with Gasteiger partial charge in [0.15, 0.2) is 12.7 Å². The van der Waals surface area contributed by atoms with Crippen LogP contribution in [-0.4, -0.2) is 5.91 Å². The van der Waals surface area contributed by atoms with E-state index in [4.69, 9.17) is 8.48 Å². The van der Waals surface area contributed by atoms with Crippen LogP contribution in [0.25, 0.3) is 0 Å². The standard InChI is InChI=1S/C13H14N2O/c14-13(16)12-7-4-8-15(10-12)9-11-5-2-1-3-6-11/h1-6,8,10H,7,9H2,(H2,14,16)/q+1/i7D2. The lowest BCUT2D eigenvalue weighted by molar-refractivity contribution is -0.114. The van der Waals surface area contributed by atoms with Gasteiger partial charge >= 0.3 is 0 Å². The molecule has 3 nitrogen and oxygen atoms in total. The number of nitrogens with zero attached hydrogens (tertiary/aromatic N) is 1. The van der Waals surface area contributed by atoms with Crippen molar-refractivity contribution in [3.05, 3.63) is 59.9 Å². The average molecular weight is 216 g/mol. The maximum absolute atomic E-state index is 11.2. The second-order valence-corrected chi connectivity index (χ2v) is 3.53. The normalized spacial score (nSPS) is 20.9. The van der Waals surface area contributed by atoms with Gasteiger partial charge in [0, 0.05) is 14.7 Å². The van der Waals surface area contributed by atoms with Crippen molar-refractivity contribution in [1.29, 1.82) is 0 Å². The predicted octanol–water partition coefficient (Wildman–Crippen LogP) is 1.61. The van der Waals surface area contributed by atoms with Crippen molar-refractivity contribution in [2.75, 3.05) is 0 Å². The van der Waals surface area contributed by atoms with Crippen LogP contribution in [-0.2, 0) is 11.3 Å². The number of carbonyl (C=O) groups excluding carboxylic acids is 1. The van der Waals surface area contributed by atoms with Crippen LogP contribution in [0.1, 0.15) is 14.7 Å². The fourth-order valence-corrected chi connectivity index (χ4v) is 1.50. The van der Waals surface area contributed by atoms with Crippen LogP contribution in [0.5, 0.6) is 0 Å². The first-order valence-corrected chi connectivity index (χ1v) is 5.00. The van der Waals surface area contributed by atoms with Crippen LogP contribution >= 0.6 is 0 Å². The Morgan fingerprint density at radius 3 is 2.88 bits per heavy atom. The minimum atomic E-state index is -1.79. The van der Waals surface area contributed by atoms with E-state index >= 15 is 0 Å². The first-order chi connectivity index (χ1) is 8.49. The molecule has 0 fully saturated rings. The van der Waals surface area contributed by atoms with Crippen molar-refractivity contribution in [3.63, 3.8) is 0 Å². The molecule has 3 heteroatoms. The molecule has 1 aromatic rings. The Hall–Kier alpha value is -1.87. The van der Waals surface area contributed by atoms with Gasteiger partial charge in [0.05, 0.1) is 5.57 Å². The quantitative estimate of drug-likeness (QED) is 0.767. The minimum absolute atomic E-state index is 0.0269. The first-order valence-electron chi connectivity index (χ1n) is 6.00. The minimum Gasteiger partial charge on any atom is -0.366 e. The molecule has 0 aromatic heterocycles. The molecule has 1 aliphatic heterocycles. The summed E-state index contributed by atoms with van der Waals surface area (Å²) >= 11 is 0. The number of carbonyl (C=O) groups is 1. The van der Waals surface area contributed by atoms with Crippen molar-refractivity contribution in [2.24, 2.45) is 5.73 Å². The Kier molecular flexibility index (Phi) is 2.47. The van der Waals surface area contributed by atoms with Gasteiger partial charge < -0.3 is 5.73 Å². The molecule has 1 amide bonds. The van der Waals surface area contributed by atoms with Crippen molar-refractivity contribution in [1.82, 2.24) is 4.90 Å². The predicted molar refractivity (Wildman–Crippen MR) is 63.3 cm³/mol. The number of rotatable bonds is 3. The third-order valence-corrected chi connectivity index (χ3v) is 2.27. The van der Waals surface area contributed by atoms with E-state index in [9.17, 15) is 4.79 Å². The van der Waals surface area contributed by atoms with Gasteiger partial charge in [-0.25, -0.2) is 0 Å². The second kappa shape index (κ2) is 4.77. The molecule has 81 valence electrons. The molecule has 0 aliphatic carbocycles. The molecular weight excluding hydrogens is 200 g/mol. The number of nitrogens with two attached hydrogens (primary N) is 1. The molecule has 0 unspecified atom stereocenters. The molecule has 0 saturated carbocycles. The zero-order valence-corrected chi connectivity index (χ0v) is 8.76. The van der Waals surface area contributed by atoms with Gasteiger partial charge in [-0.15, -0.1) is 4.90 Å². The number of hydrogen-bond donors (Lipinski definition) is 1. The molecular formula is C13H14N2O+. The van der Waals surface area contributed by atoms with Gasteiger partial charge in [0.2, 0.25) is 5.91 Å². The monoisotopic (exact) mass is 216 g/mol. The molecule has 1 aliphatic rings. The van der Waals surface area contributed by atoms with Gasteiger partial charge in [0.25, 0.3) is 0 Å². The molecule has 2 rings (SSSR count). The van der Waals surface area contributed by atoms with Crippen LogP contribution in [0.4, 0.5) is 0 Å². The molecule has 0 atom stereocenters. The van der Waals surface area contributed by atoms with Crippen molar-refractivity contribution in [3.8, 4) is 0 Å². The fourth-order valence-electron chi connectivity index (χ4n) is 1.50. The zero-order valence-electron chi connectivity index (χ0n) is 10.8. The van der Waals surface area contributed by atoms with E-state index in [0.29, 0.717) is 6.54 Å². The lowest BCUT2D eigenvalue weighted by atomic mass is 10.1. The van der Waals surface area contributed by atoms with Crippen LogP contribution < -0.4 is 10.6 Å². The highest BCUT2D eigenvalue weighted by Crippen LogP contribution is 2.12. The maximum Gasteiger partial charge on any atom is 0.250 e. The Morgan fingerprint density at radius 2 is 2.19 bits per heavy atom. The lowest BCUT2D eigenvalue weighted by Gasteiger charge is -2.08. The lowest BCUT2D eigenvalue weighted by Crippen LogP contribution is -2.24. The third kappa shape index (κ3) is 2.58. The average Bonchev–Trinajstić information content (AvgIpc) is 2.32. The number of hydrogen-bond acceptors (Lipinski definition) is 2. The molecule has 16 heavy (non-hydrogen) atoms. The van der Waals surface area contributed by atoms with Crippen LogP contribution in [0.15, 0.2) is 54.4 Å². The van der Waals surface area contributed by atoms with Gasteiger partial charge in [-0.2, -0.15) is 0 Å². The van der Waals surface area contributed by atoms with E-state index < -0.39 is 12.3 Å². The van der Waals surface area contributed by atoms with Gasteiger partial charge in [-0.3, -0.25) is 4.79 Å². The fraction of sp³-hybridized carbons (Fsp3) is 0.154. The number of allylic oxidation sites excluding steroid dienone is 1. The zero-order chi connectivity index (χ0) is 13.2. The number of benzene rings is 1. The Bertz CT molecular complexity index is 509. The number of primary amides is 1. The second-order valence-electron chi connectivity index (χ2n) is 3.53. The van der Waals surface area contributed by atoms with E-state index in [0.717, 1.165) is 5.56 Å². The summed E-state index contributed by atoms with van der Waals surface area (Å²) in [5.41, 5.74) is 6.24. The highest BCUT2D eigenvalue weighted by Gasteiger charge is 2.18. The summed E-state index contributed by atoms with van der Waals surface area (Å²) in [7, 11) is 0. The van der Waals surface area contributed by atoms with E-state index in [1.54, 1.807) is 11.1 Å². The summed E-state index contributed by atoms with van der Waals surface area (Å²) in [6.07, 6.45) is 2.64. The maximum atomic E-state index is 11.2. The van der Waals surface area contributed by atoms with Crippen molar-refractivity contribution >= 4 is 5.91 Å². The smallest absolute Gasteiger partial charge is 0.250 e. The highest BCUT2D eigenvalue weighted by atomic mass is 16.1. The summed E-state index contributed by atoms with van der Waals surface area (Å²) in [4.78, 5) is 13.0. The van der Waals surface area contributed by atoms with E-state index in [1.807, 2.05) is 30.3 Å². The molecule has 1 aromatic carbocycles. The van der Waals surface area contributed by atoms with Gasteiger partial charge in [-0.05, 0) is 6.08 Å². The third-order valence-electron chi connectivity index (χ3n) is 2.27. The Morgan fingerprint density at radius 1 is 1.44 bits per heavy atom. The SMILES string of the molecule is [2H]C1([2H])C=C[N+](Cc2ccccc2)C=C1C(N)=O. The van der Waals surface area contributed by atoms with E-state index in [1.165, 1.54) is 12.3 Å². The molecule has 0 spiro atoms. The largest absolute Gasteiger partial charge is 0.366 e. The first kappa shape index (κ1) is 8.30. The summed E-state index contributed by atoms with van der Waals surface area (Å²) in [5, 5.41) is 0. The van der Waals surface area contributed by atoms with E-state index in [2.05, 4.69) is 0 Å². The van der Waals surface area contributed by atoms with Crippen LogP contribution in [0.3, 0.4) is 0 Å².